The van der Waals surface area contributed by atoms with Crippen LogP contribution in [0.4, 0.5) is 0 Å². The molecule has 7 heteroatoms. The Labute approximate surface area is 209 Å². The second kappa shape index (κ2) is 9.76. The number of aromatic nitrogens is 3. The average molecular weight is 484 g/mol. The molecule has 178 valence electrons. The number of amides is 1. The largest absolute Gasteiger partial charge is 0.337 e. The summed E-state index contributed by atoms with van der Waals surface area (Å²) in [6, 6.07) is 20.7. The van der Waals surface area contributed by atoms with Gasteiger partial charge in [-0.1, -0.05) is 60.7 Å². The normalized spacial score (nSPS) is 15.9. The van der Waals surface area contributed by atoms with Gasteiger partial charge in [0.25, 0.3) is 5.91 Å². The van der Waals surface area contributed by atoms with E-state index < -0.39 is 0 Å². The van der Waals surface area contributed by atoms with Crippen molar-refractivity contribution in [2.24, 2.45) is 0 Å². The third kappa shape index (κ3) is 4.66. The second-order valence-corrected chi connectivity index (χ2v) is 10.5. The van der Waals surface area contributed by atoms with E-state index in [9.17, 15) is 4.79 Å². The number of thiazole rings is 1. The van der Waals surface area contributed by atoms with Crippen LogP contribution in [0.3, 0.4) is 0 Å². The fraction of sp³-hybridized carbons (Fsp3) is 0.321. The van der Waals surface area contributed by atoms with Gasteiger partial charge in [0.1, 0.15) is 5.01 Å². The van der Waals surface area contributed by atoms with Gasteiger partial charge >= 0.3 is 0 Å². The van der Waals surface area contributed by atoms with E-state index in [1.807, 2.05) is 23.2 Å². The van der Waals surface area contributed by atoms with E-state index in [1.165, 1.54) is 16.1 Å². The molecular formula is C28H29N5OS. The summed E-state index contributed by atoms with van der Waals surface area (Å²) in [5.74, 6) is 0.0940. The van der Waals surface area contributed by atoms with E-state index >= 15 is 0 Å². The quantitative estimate of drug-likeness (QED) is 0.393. The summed E-state index contributed by atoms with van der Waals surface area (Å²) in [6.45, 7) is 4.91. The highest BCUT2D eigenvalue weighted by atomic mass is 32.1. The number of likely N-dealkylation sites (tertiary alicyclic amines) is 1. The summed E-state index contributed by atoms with van der Waals surface area (Å²) in [4.78, 5) is 23.7. The smallest absolute Gasteiger partial charge is 0.274 e. The number of rotatable bonds is 6. The van der Waals surface area contributed by atoms with E-state index in [2.05, 4.69) is 63.1 Å². The molecule has 2 aliphatic heterocycles. The topological polar surface area (TPSA) is 54.3 Å². The summed E-state index contributed by atoms with van der Waals surface area (Å²) in [7, 11) is 0. The molecule has 0 radical (unpaired) electrons. The Hall–Kier alpha value is -3.29. The molecule has 1 amide bonds. The Morgan fingerprint density at radius 2 is 1.66 bits per heavy atom. The Morgan fingerprint density at radius 3 is 2.43 bits per heavy atom. The van der Waals surface area contributed by atoms with Crippen LogP contribution in [0.1, 0.15) is 45.0 Å². The second-order valence-electron chi connectivity index (χ2n) is 9.37. The maximum absolute atomic E-state index is 13.4. The number of carbonyl (C=O) groups excluding carboxylic acids is 1. The zero-order chi connectivity index (χ0) is 23.6. The zero-order valence-electron chi connectivity index (χ0n) is 19.8. The van der Waals surface area contributed by atoms with E-state index in [0.29, 0.717) is 12.2 Å². The molecule has 2 aliphatic rings. The number of nitrogens with zero attached hydrogens (tertiary/aromatic N) is 5. The Kier molecular flexibility index (Phi) is 6.19. The monoisotopic (exact) mass is 483 g/mol. The predicted molar refractivity (Wildman–Crippen MR) is 138 cm³/mol. The highest BCUT2D eigenvalue weighted by molar-refractivity contribution is 7.15. The standard InChI is InChI=1S/C28H29N5OS/c34-28(32-14-7-8-15-32)26-24-20-31(19-23-17-29-27(35-23)22-11-5-2-6-12-22)16-13-25(24)33(30-26)18-21-9-3-1-4-10-21/h1-6,9-12,17H,7-8,13-16,18-20H2. The lowest BCUT2D eigenvalue weighted by Crippen LogP contribution is -2.33. The van der Waals surface area contributed by atoms with Crippen molar-refractivity contribution >= 4 is 17.2 Å². The molecule has 4 aromatic rings. The molecule has 0 spiro atoms. The highest BCUT2D eigenvalue weighted by Gasteiger charge is 2.31. The Morgan fingerprint density at radius 1 is 0.914 bits per heavy atom. The van der Waals surface area contributed by atoms with Crippen LogP contribution in [0.5, 0.6) is 0 Å². The van der Waals surface area contributed by atoms with Gasteiger partial charge < -0.3 is 4.90 Å². The van der Waals surface area contributed by atoms with Crippen LogP contribution in [-0.4, -0.2) is 50.1 Å². The molecule has 0 N–H and O–H groups in total. The van der Waals surface area contributed by atoms with E-state index in [0.717, 1.165) is 68.1 Å². The zero-order valence-corrected chi connectivity index (χ0v) is 20.6. The van der Waals surface area contributed by atoms with Gasteiger partial charge in [-0.25, -0.2) is 4.98 Å². The van der Waals surface area contributed by atoms with Crippen molar-refractivity contribution in [3.8, 4) is 10.6 Å². The third-order valence-electron chi connectivity index (χ3n) is 6.94. The summed E-state index contributed by atoms with van der Waals surface area (Å²) in [5, 5.41) is 5.96. The van der Waals surface area contributed by atoms with Crippen LogP contribution < -0.4 is 0 Å². The molecule has 1 fully saturated rings. The number of fused-ring (bicyclic) bond motifs is 1. The van der Waals surface area contributed by atoms with Crippen molar-refractivity contribution in [2.75, 3.05) is 19.6 Å². The van der Waals surface area contributed by atoms with Gasteiger partial charge in [-0.3, -0.25) is 14.4 Å². The first-order valence-electron chi connectivity index (χ1n) is 12.4. The van der Waals surface area contributed by atoms with Crippen LogP contribution >= 0.6 is 11.3 Å². The lowest BCUT2D eigenvalue weighted by molar-refractivity contribution is 0.0783. The number of hydrogen-bond acceptors (Lipinski definition) is 5. The van der Waals surface area contributed by atoms with E-state index in [1.54, 1.807) is 11.3 Å². The van der Waals surface area contributed by atoms with Gasteiger partial charge in [0.15, 0.2) is 5.69 Å². The van der Waals surface area contributed by atoms with Crippen molar-refractivity contribution in [1.29, 1.82) is 0 Å². The average Bonchev–Trinajstić information content (AvgIpc) is 3.66. The third-order valence-corrected chi connectivity index (χ3v) is 7.97. The van der Waals surface area contributed by atoms with Gasteiger partial charge in [0.2, 0.25) is 0 Å². The molecule has 0 aliphatic carbocycles. The molecular weight excluding hydrogens is 454 g/mol. The fourth-order valence-corrected chi connectivity index (χ4v) is 6.09. The minimum Gasteiger partial charge on any atom is -0.337 e. The molecule has 0 bridgehead atoms. The Bertz CT molecular complexity index is 1310. The summed E-state index contributed by atoms with van der Waals surface area (Å²) >= 11 is 1.75. The molecule has 2 aromatic heterocycles. The highest BCUT2D eigenvalue weighted by Crippen LogP contribution is 2.29. The fourth-order valence-electron chi connectivity index (χ4n) is 5.13. The molecule has 2 aromatic carbocycles. The lowest BCUT2D eigenvalue weighted by atomic mass is 10.0. The van der Waals surface area contributed by atoms with Crippen molar-refractivity contribution in [2.45, 2.75) is 38.9 Å². The molecule has 6 rings (SSSR count). The lowest BCUT2D eigenvalue weighted by Gasteiger charge is -2.27. The van der Waals surface area contributed by atoms with Crippen LogP contribution in [0.2, 0.25) is 0 Å². The van der Waals surface area contributed by atoms with Crippen molar-refractivity contribution in [3.63, 3.8) is 0 Å². The first-order valence-corrected chi connectivity index (χ1v) is 13.2. The summed E-state index contributed by atoms with van der Waals surface area (Å²) < 4.78 is 2.07. The summed E-state index contributed by atoms with van der Waals surface area (Å²) in [5.41, 5.74) is 5.33. The van der Waals surface area contributed by atoms with Gasteiger partial charge in [0, 0.05) is 67.0 Å². The minimum absolute atomic E-state index is 0.0940. The van der Waals surface area contributed by atoms with E-state index in [4.69, 9.17) is 5.10 Å². The predicted octanol–water partition coefficient (Wildman–Crippen LogP) is 4.85. The minimum atomic E-state index is 0.0940. The van der Waals surface area contributed by atoms with Crippen molar-refractivity contribution < 1.29 is 4.79 Å². The van der Waals surface area contributed by atoms with Crippen molar-refractivity contribution in [1.82, 2.24) is 24.6 Å². The van der Waals surface area contributed by atoms with Gasteiger partial charge in [-0.05, 0) is 18.4 Å². The molecule has 0 atom stereocenters. The summed E-state index contributed by atoms with van der Waals surface area (Å²) in [6.07, 6.45) is 5.06. The van der Waals surface area contributed by atoms with Gasteiger partial charge in [-0.2, -0.15) is 5.10 Å². The Balaban J connectivity index is 1.25. The molecule has 35 heavy (non-hydrogen) atoms. The van der Waals surface area contributed by atoms with Crippen LogP contribution in [0.25, 0.3) is 10.6 Å². The maximum Gasteiger partial charge on any atom is 0.274 e. The van der Waals surface area contributed by atoms with Crippen LogP contribution in [-0.2, 0) is 26.1 Å². The maximum atomic E-state index is 13.4. The van der Waals surface area contributed by atoms with Crippen LogP contribution in [0.15, 0.2) is 66.9 Å². The molecule has 4 heterocycles. The van der Waals surface area contributed by atoms with Gasteiger partial charge in [-0.15, -0.1) is 11.3 Å². The van der Waals surface area contributed by atoms with Crippen molar-refractivity contribution in [3.05, 3.63) is 94.3 Å². The number of carbonyl (C=O) groups is 1. The SMILES string of the molecule is O=C(c1nn(Cc2ccccc2)c2c1CN(Cc1cnc(-c3ccccc3)s1)CC2)N1CCCC1. The molecule has 0 saturated carbocycles. The molecule has 1 saturated heterocycles. The molecule has 0 unspecified atom stereocenters. The number of benzene rings is 2. The first kappa shape index (κ1) is 22.2. The van der Waals surface area contributed by atoms with Crippen LogP contribution in [0, 0.1) is 0 Å². The number of hydrogen-bond donors (Lipinski definition) is 0. The first-order chi connectivity index (χ1) is 17.2. The van der Waals surface area contributed by atoms with Gasteiger partial charge in [0.05, 0.1) is 6.54 Å². The van der Waals surface area contributed by atoms with E-state index in [-0.39, 0.29) is 5.91 Å². The molecule has 6 nitrogen and oxygen atoms in total.